The Morgan fingerprint density at radius 1 is 1.35 bits per heavy atom. The fourth-order valence-electron chi connectivity index (χ4n) is 3.90. The highest BCUT2D eigenvalue weighted by molar-refractivity contribution is 5.81. The molecule has 2 aliphatic heterocycles. The van der Waals surface area contributed by atoms with Crippen LogP contribution in [0.15, 0.2) is 0 Å². The van der Waals surface area contributed by atoms with Crippen molar-refractivity contribution in [3.63, 3.8) is 0 Å². The van der Waals surface area contributed by atoms with E-state index in [9.17, 15) is 9.59 Å². The van der Waals surface area contributed by atoms with E-state index in [1.54, 1.807) is 0 Å². The molecule has 0 spiro atoms. The number of carbonyl (C=O) groups is 2. The maximum absolute atomic E-state index is 12.8. The van der Waals surface area contributed by atoms with Crippen LogP contribution in [-0.2, 0) is 4.79 Å². The average molecular weight is 280 g/mol. The second-order valence-corrected chi connectivity index (χ2v) is 6.42. The summed E-state index contributed by atoms with van der Waals surface area (Å²) in [5.41, 5.74) is 6.18. The molecule has 4 unspecified atom stereocenters. The smallest absolute Gasteiger partial charge is 0.317 e. The number of hydrogen-bond acceptors (Lipinski definition) is 3. The van der Waals surface area contributed by atoms with Gasteiger partial charge in [-0.15, -0.1) is 0 Å². The van der Waals surface area contributed by atoms with Gasteiger partial charge in [-0.2, -0.15) is 0 Å². The molecule has 3 aliphatic rings. The van der Waals surface area contributed by atoms with Crippen molar-refractivity contribution in [2.75, 3.05) is 26.2 Å². The number of amides is 3. The second kappa shape index (κ2) is 5.24. The third kappa shape index (κ3) is 2.26. The molecule has 2 heterocycles. The van der Waals surface area contributed by atoms with Gasteiger partial charge in [-0.3, -0.25) is 4.79 Å². The van der Waals surface area contributed by atoms with Crippen LogP contribution in [-0.4, -0.2) is 60.0 Å². The molecule has 0 bridgehead atoms. The Morgan fingerprint density at radius 2 is 2.15 bits per heavy atom. The summed E-state index contributed by atoms with van der Waals surface area (Å²) in [6.07, 6.45) is 3.17. The molecule has 1 aliphatic carbocycles. The van der Waals surface area contributed by atoms with Gasteiger partial charge in [-0.05, 0) is 18.8 Å². The number of piperazine rings is 1. The molecule has 112 valence electrons. The number of nitrogens with one attached hydrogen (secondary N) is 1. The monoisotopic (exact) mass is 280 g/mol. The van der Waals surface area contributed by atoms with E-state index in [0.717, 1.165) is 19.3 Å². The predicted octanol–water partition coefficient (Wildman–Crippen LogP) is -0.0141. The van der Waals surface area contributed by atoms with Crippen LogP contribution >= 0.6 is 0 Å². The van der Waals surface area contributed by atoms with Crippen molar-refractivity contribution in [3.8, 4) is 0 Å². The lowest BCUT2D eigenvalue weighted by molar-refractivity contribution is -0.141. The number of nitrogens with zero attached hydrogens (tertiary/aromatic N) is 2. The predicted molar refractivity (Wildman–Crippen MR) is 75.0 cm³/mol. The number of rotatable bonds is 1. The van der Waals surface area contributed by atoms with Gasteiger partial charge in [0.2, 0.25) is 5.91 Å². The Kier molecular flexibility index (Phi) is 3.58. The summed E-state index contributed by atoms with van der Waals surface area (Å²) in [5.74, 6) is 0.525. The van der Waals surface area contributed by atoms with Crippen LogP contribution < -0.4 is 11.1 Å². The normalized spacial score (nSPS) is 37.6. The summed E-state index contributed by atoms with van der Waals surface area (Å²) in [5, 5.41) is 2.84. The summed E-state index contributed by atoms with van der Waals surface area (Å²) in [6.45, 7) is 4.71. The molecule has 3 fully saturated rings. The first-order chi connectivity index (χ1) is 9.58. The van der Waals surface area contributed by atoms with Crippen molar-refractivity contribution in [1.29, 1.82) is 0 Å². The molecule has 1 saturated carbocycles. The molecular weight excluding hydrogens is 256 g/mol. The lowest BCUT2D eigenvalue weighted by Gasteiger charge is -2.41. The molecule has 2 saturated heterocycles. The summed E-state index contributed by atoms with van der Waals surface area (Å²) in [4.78, 5) is 28.1. The molecule has 3 N–H and O–H groups in total. The van der Waals surface area contributed by atoms with E-state index in [1.165, 1.54) is 0 Å². The van der Waals surface area contributed by atoms with E-state index < -0.39 is 0 Å². The highest BCUT2D eigenvalue weighted by Crippen LogP contribution is 2.31. The van der Waals surface area contributed by atoms with Crippen molar-refractivity contribution < 1.29 is 9.59 Å². The zero-order valence-corrected chi connectivity index (χ0v) is 12.0. The molecule has 3 rings (SSSR count). The van der Waals surface area contributed by atoms with Gasteiger partial charge in [0.05, 0.1) is 12.0 Å². The molecule has 3 amide bonds. The lowest BCUT2D eigenvalue weighted by atomic mass is 9.76. The summed E-state index contributed by atoms with van der Waals surface area (Å²) < 4.78 is 0. The van der Waals surface area contributed by atoms with Crippen LogP contribution in [0.3, 0.4) is 0 Å². The van der Waals surface area contributed by atoms with Crippen molar-refractivity contribution in [2.24, 2.45) is 17.6 Å². The summed E-state index contributed by atoms with van der Waals surface area (Å²) in [6, 6.07) is 0.132. The van der Waals surface area contributed by atoms with Gasteiger partial charge in [-0.1, -0.05) is 13.3 Å². The average Bonchev–Trinajstić information content (AvgIpc) is 2.79. The largest absolute Gasteiger partial charge is 0.338 e. The van der Waals surface area contributed by atoms with Crippen LogP contribution in [0.4, 0.5) is 4.79 Å². The molecule has 20 heavy (non-hydrogen) atoms. The third-order valence-corrected chi connectivity index (χ3v) is 5.10. The zero-order valence-electron chi connectivity index (χ0n) is 12.0. The van der Waals surface area contributed by atoms with Gasteiger partial charge < -0.3 is 20.9 Å². The van der Waals surface area contributed by atoms with Crippen LogP contribution in [0.5, 0.6) is 0 Å². The van der Waals surface area contributed by atoms with Crippen LogP contribution in [0.25, 0.3) is 0 Å². The SMILES string of the molecule is CC1CCCC(N)C1C(=O)N1CCN2C(=O)NCC2C1. The minimum absolute atomic E-state index is 0.00448. The number of urea groups is 1. The van der Waals surface area contributed by atoms with Gasteiger partial charge >= 0.3 is 6.03 Å². The minimum atomic E-state index is -0.0413. The molecule has 0 aromatic heterocycles. The topological polar surface area (TPSA) is 78.7 Å². The Bertz CT molecular complexity index is 404. The maximum Gasteiger partial charge on any atom is 0.317 e. The fraction of sp³-hybridized carbons (Fsp3) is 0.857. The Labute approximate surface area is 119 Å². The Balaban J connectivity index is 1.67. The quantitative estimate of drug-likeness (QED) is 0.709. The van der Waals surface area contributed by atoms with Crippen LogP contribution in [0.2, 0.25) is 0 Å². The molecule has 0 radical (unpaired) electrons. The first-order valence-corrected chi connectivity index (χ1v) is 7.66. The number of hydrogen-bond donors (Lipinski definition) is 2. The van der Waals surface area contributed by atoms with Crippen molar-refractivity contribution in [1.82, 2.24) is 15.1 Å². The number of nitrogens with two attached hydrogens (primary N) is 1. The first-order valence-electron chi connectivity index (χ1n) is 7.66. The Morgan fingerprint density at radius 3 is 2.90 bits per heavy atom. The number of fused-ring (bicyclic) bond motifs is 1. The van der Waals surface area contributed by atoms with Gasteiger partial charge in [0, 0.05) is 32.2 Å². The minimum Gasteiger partial charge on any atom is -0.338 e. The molecule has 0 aromatic carbocycles. The second-order valence-electron chi connectivity index (χ2n) is 6.42. The highest BCUT2D eigenvalue weighted by atomic mass is 16.2. The Hall–Kier alpha value is -1.30. The van der Waals surface area contributed by atoms with E-state index in [2.05, 4.69) is 12.2 Å². The van der Waals surface area contributed by atoms with E-state index in [-0.39, 0.29) is 29.9 Å². The number of carbonyl (C=O) groups excluding carboxylic acids is 2. The molecular formula is C14H24N4O2. The third-order valence-electron chi connectivity index (χ3n) is 5.10. The van der Waals surface area contributed by atoms with E-state index in [1.807, 2.05) is 9.80 Å². The lowest BCUT2D eigenvalue weighted by Crippen LogP contribution is -2.57. The van der Waals surface area contributed by atoms with Crippen molar-refractivity contribution >= 4 is 11.9 Å². The molecule has 6 heteroatoms. The van der Waals surface area contributed by atoms with Gasteiger partial charge in [0.1, 0.15) is 0 Å². The summed E-state index contributed by atoms with van der Waals surface area (Å²) in [7, 11) is 0. The van der Waals surface area contributed by atoms with Gasteiger partial charge in [0.15, 0.2) is 0 Å². The van der Waals surface area contributed by atoms with Gasteiger partial charge in [-0.25, -0.2) is 4.79 Å². The standard InChI is InChI=1S/C14H24N4O2/c1-9-3-2-4-11(15)12(9)13(19)17-5-6-18-10(8-17)7-16-14(18)20/h9-12H,2-8,15H2,1H3,(H,16,20). The van der Waals surface area contributed by atoms with E-state index >= 15 is 0 Å². The van der Waals surface area contributed by atoms with Crippen molar-refractivity contribution in [2.45, 2.75) is 38.3 Å². The molecule has 0 aromatic rings. The van der Waals surface area contributed by atoms with Crippen LogP contribution in [0.1, 0.15) is 26.2 Å². The van der Waals surface area contributed by atoms with Crippen LogP contribution in [0, 0.1) is 11.8 Å². The van der Waals surface area contributed by atoms with E-state index in [4.69, 9.17) is 5.73 Å². The zero-order chi connectivity index (χ0) is 14.3. The first kappa shape index (κ1) is 13.7. The molecule has 6 nitrogen and oxygen atoms in total. The maximum atomic E-state index is 12.8. The van der Waals surface area contributed by atoms with Gasteiger partial charge in [0.25, 0.3) is 0 Å². The van der Waals surface area contributed by atoms with E-state index in [0.29, 0.717) is 32.1 Å². The fourth-order valence-corrected chi connectivity index (χ4v) is 3.90. The molecule has 4 atom stereocenters. The van der Waals surface area contributed by atoms with Crippen molar-refractivity contribution in [3.05, 3.63) is 0 Å². The highest BCUT2D eigenvalue weighted by Gasteiger charge is 2.41. The summed E-state index contributed by atoms with van der Waals surface area (Å²) >= 11 is 0.